The molecule has 0 aliphatic heterocycles. The Morgan fingerprint density at radius 3 is 0.770 bits per heavy atom. The molecule has 0 spiro atoms. The molecule has 1 N–H and O–H groups in total. The van der Waals surface area contributed by atoms with E-state index in [1.54, 1.807) is 12.1 Å². The van der Waals surface area contributed by atoms with Gasteiger partial charge in [0.2, 0.25) is 0 Å². The monoisotopic (exact) mass is 812 g/mol. The summed E-state index contributed by atoms with van der Waals surface area (Å²) in [5, 5.41) is 0. The Hall–Kier alpha value is -7.25. The fraction of sp³-hybridized carbons (Fsp3) is 0.0545. The van der Waals surface area contributed by atoms with Crippen LogP contribution in [0.2, 0.25) is 0 Å². The molecule has 2 aliphatic rings. The molecule has 5 nitrogen and oxygen atoms in total. The Morgan fingerprint density at radius 1 is 0.295 bits per heavy atom. The van der Waals surface area contributed by atoms with Crippen LogP contribution in [0.15, 0.2) is 187 Å². The average Bonchev–Trinajstić information content (AvgIpc) is 3.75. The third-order valence-electron chi connectivity index (χ3n) is 11.5. The zero-order valence-electron chi connectivity index (χ0n) is 33.8. The Bertz CT molecular complexity index is 3120. The third kappa shape index (κ3) is 7.27. The molecule has 2 aliphatic carbocycles. The Labute approximate surface area is 356 Å². The van der Waals surface area contributed by atoms with Crippen molar-refractivity contribution in [2.24, 2.45) is 0 Å². The second-order valence-corrected chi connectivity index (χ2v) is 17.0. The molecule has 61 heavy (non-hydrogen) atoms. The molecule has 0 saturated carbocycles. The Morgan fingerprint density at radius 2 is 0.508 bits per heavy atom. The molecule has 7 aromatic rings. The first-order valence-electron chi connectivity index (χ1n) is 20.1. The Kier molecular flexibility index (Phi) is 10.1. The van der Waals surface area contributed by atoms with Gasteiger partial charge in [-0.1, -0.05) is 187 Å². The molecule has 0 bridgehead atoms. The maximum Gasteiger partial charge on any atom is 0.294 e. The van der Waals surface area contributed by atoms with Crippen LogP contribution in [0.1, 0.15) is 61.2 Å². The van der Waals surface area contributed by atoms with Gasteiger partial charge in [0.05, 0.1) is 4.90 Å². The molecule has 0 amide bonds. The van der Waals surface area contributed by atoms with Gasteiger partial charge in [0.1, 0.15) is 0 Å². The van der Waals surface area contributed by atoms with Gasteiger partial charge in [0.15, 0.2) is 11.6 Å². The lowest BCUT2D eigenvalue weighted by molar-refractivity contribution is -0.109. The molecular weight excluding hydrogens is 773 g/mol. The summed E-state index contributed by atoms with van der Waals surface area (Å²) in [5.41, 5.74) is 14.8. The van der Waals surface area contributed by atoms with E-state index >= 15 is 9.59 Å². The largest absolute Gasteiger partial charge is 0.294 e. The molecular formula is C55H40O5S. The number of hydrogen-bond donors (Lipinski definition) is 1. The molecule has 296 valence electrons. The van der Waals surface area contributed by atoms with Crippen molar-refractivity contribution in [3.63, 3.8) is 0 Å². The molecule has 9 rings (SSSR count). The summed E-state index contributed by atoms with van der Waals surface area (Å²) in [6, 6.07) is 57.7. The van der Waals surface area contributed by atoms with Crippen LogP contribution in [-0.4, -0.2) is 24.5 Å². The summed E-state index contributed by atoms with van der Waals surface area (Å²) < 4.78 is 34.0. The lowest BCUT2D eigenvalue weighted by Crippen LogP contribution is -2.03. The first kappa shape index (κ1) is 39.2. The summed E-state index contributed by atoms with van der Waals surface area (Å²) in [4.78, 5) is 29.8. The number of hydrogen-bond acceptors (Lipinski definition) is 4. The quantitative estimate of drug-likeness (QED) is 0.147. The number of allylic oxidation sites excluding steroid dienone is 8. The van der Waals surface area contributed by atoms with E-state index in [0.717, 1.165) is 72.4 Å². The fourth-order valence-corrected chi connectivity index (χ4v) is 8.91. The minimum atomic E-state index is -4.47. The SMILES string of the molecule is Cc1ccc(C2=C(c3ccccc3)C(c3ccc(C4=C(c5ccc(S(=O)(=O)O)cc5)C(=O)C(c5ccc(C)cc5)=C4c4ccccc4)cc3)=C(c3ccc(C)cc3)C2=O)cc1. The number of Topliss-reactive ketones (excluding diaryl/α,β-unsaturated/α-hetero) is 2. The molecule has 0 radical (unpaired) electrons. The molecule has 0 unspecified atom stereocenters. The smallest absolute Gasteiger partial charge is 0.289 e. The van der Waals surface area contributed by atoms with Crippen molar-refractivity contribution in [3.8, 4) is 0 Å². The maximum atomic E-state index is 15.0. The summed E-state index contributed by atoms with van der Waals surface area (Å²) in [5.74, 6) is -0.258. The number of carbonyl (C=O) groups excluding carboxylic acids is 2. The lowest BCUT2D eigenvalue weighted by Gasteiger charge is -2.16. The second kappa shape index (κ2) is 15.7. The van der Waals surface area contributed by atoms with E-state index in [0.29, 0.717) is 33.4 Å². The summed E-state index contributed by atoms with van der Waals surface area (Å²) >= 11 is 0. The molecule has 0 fully saturated rings. The van der Waals surface area contributed by atoms with E-state index in [-0.39, 0.29) is 16.5 Å². The number of aryl methyl sites for hydroxylation is 3. The van der Waals surface area contributed by atoms with Gasteiger partial charge in [0, 0.05) is 44.6 Å². The van der Waals surface area contributed by atoms with Crippen molar-refractivity contribution in [2.45, 2.75) is 25.7 Å². The summed E-state index contributed by atoms with van der Waals surface area (Å²) in [6.07, 6.45) is 0. The molecule has 0 saturated heterocycles. The number of rotatable bonds is 9. The van der Waals surface area contributed by atoms with E-state index in [2.05, 4.69) is 0 Å². The zero-order chi connectivity index (χ0) is 42.4. The molecule has 7 aromatic carbocycles. The van der Waals surface area contributed by atoms with Crippen LogP contribution in [0, 0.1) is 20.8 Å². The van der Waals surface area contributed by atoms with Gasteiger partial charge >= 0.3 is 0 Å². The normalized spacial score (nSPS) is 14.5. The van der Waals surface area contributed by atoms with Crippen molar-refractivity contribution >= 4 is 66.3 Å². The summed E-state index contributed by atoms with van der Waals surface area (Å²) in [6.45, 7) is 6.06. The molecule has 0 aromatic heterocycles. The van der Waals surface area contributed by atoms with Gasteiger partial charge in [-0.25, -0.2) is 0 Å². The highest BCUT2D eigenvalue weighted by Gasteiger charge is 2.38. The van der Waals surface area contributed by atoms with Gasteiger partial charge < -0.3 is 0 Å². The van der Waals surface area contributed by atoms with E-state index in [1.165, 1.54) is 12.1 Å². The standard InChI is InChI=1S/C55H40O5S/c1-34-14-20-41(21-15-34)50-46(37-10-6-4-7-11-37)48(52(54(50)56)43-24-18-36(3)19-25-43)39-26-28-40(29-27-39)49-47(38-12-8-5-9-13-38)51(42-22-16-35(2)17-23-42)55(57)53(49)44-30-32-45(33-31-44)61(58,59)60/h4-33H,1-3H3,(H,58,59,60). The van der Waals surface area contributed by atoms with Gasteiger partial charge in [-0.05, 0) is 77.4 Å². The fourth-order valence-electron chi connectivity index (χ4n) is 8.43. The highest BCUT2D eigenvalue weighted by molar-refractivity contribution is 7.85. The topological polar surface area (TPSA) is 88.5 Å². The van der Waals surface area contributed by atoms with E-state index < -0.39 is 10.1 Å². The van der Waals surface area contributed by atoms with Crippen LogP contribution >= 0.6 is 0 Å². The minimum Gasteiger partial charge on any atom is -0.289 e. The van der Waals surface area contributed by atoms with Crippen LogP contribution in [0.4, 0.5) is 0 Å². The zero-order valence-corrected chi connectivity index (χ0v) is 34.6. The second-order valence-electron chi connectivity index (χ2n) is 15.6. The number of benzene rings is 7. The number of carbonyl (C=O) groups is 2. The van der Waals surface area contributed by atoms with Crippen LogP contribution in [0.25, 0.3) is 44.6 Å². The van der Waals surface area contributed by atoms with Crippen LogP contribution in [-0.2, 0) is 19.7 Å². The van der Waals surface area contributed by atoms with Crippen LogP contribution in [0.3, 0.4) is 0 Å². The van der Waals surface area contributed by atoms with E-state index in [1.807, 2.05) is 178 Å². The van der Waals surface area contributed by atoms with Gasteiger partial charge in [-0.2, -0.15) is 8.42 Å². The highest BCUT2D eigenvalue weighted by Crippen LogP contribution is 2.52. The van der Waals surface area contributed by atoms with Crippen molar-refractivity contribution in [2.75, 3.05) is 0 Å². The molecule has 0 atom stereocenters. The highest BCUT2D eigenvalue weighted by atomic mass is 32.2. The molecule has 0 heterocycles. The maximum absolute atomic E-state index is 15.0. The average molecular weight is 813 g/mol. The molecule has 6 heteroatoms. The van der Waals surface area contributed by atoms with Gasteiger partial charge in [-0.3, -0.25) is 14.1 Å². The van der Waals surface area contributed by atoms with E-state index in [9.17, 15) is 13.0 Å². The van der Waals surface area contributed by atoms with Crippen LogP contribution in [0.5, 0.6) is 0 Å². The van der Waals surface area contributed by atoms with Crippen molar-refractivity contribution in [3.05, 3.63) is 243 Å². The van der Waals surface area contributed by atoms with Crippen molar-refractivity contribution in [1.82, 2.24) is 0 Å². The first-order valence-corrected chi connectivity index (χ1v) is 21.5. The van der Waals surface area contributed by atoms with Crippen molar-refractivity contribution < 1.29 is 22.6 Å². The predicted octanol–water partition coefficient (Wildman–Crippen LogP) is 12.1. The van der Waals surface area contributed by atoms with E-state index in [4.69, 9.17) is 0 Å². The first-order chi connectivity index (χ1) is 29.5. The third-order valence-corrected chi connectivity index (χ3v) is 12.3. The lowest BCUT2D eigenvalue weighted by atomic mass is 9.86. The predicted molar refractivity (Wildman–Crippen MR) is 246 cm³/mol. The minimum absolute atomic E-state index is 0.0533. The Balaban J connectivity index is 1.30. The van der Waals surface area contributed by atoms with Crippen LogP contribution < -0.4 is 0 Å². The summed E-state index contributed by atoms with van der Waals surface area (Å²) in [7, 11) is -4.47. The van der Waals surface area contributed by atoms with Gasteiger partial charge in [0.25, 0.3) is 10.1 Å². The van der Waals surface area contributed by atoms with Gasteiger partial charge in [-0.15, -0.1) is 0 Å². The number of ketones is 2. The van der Waals surface area contributed by atoms with Crippen molar-refractivity contribution in [1.29, 1.82) is 0 Å².